The number of carbonyl (C=O) groups excluding carboxylic acids is 2. The zero-order valence-electron chi connectivity index (χ0n) is 18.5. The van der Waals surface area contributed by atoms with Crippen LogP contribution in [0.1, 0.15) is 6.92 Å². The Kier molecular flexibility index (Phi) is 6.73. The molecular formula is C24H22N4O4S2. The number of sulfonamides is 1. The summed E-state index contributed by atoms with van der Waals surface area (Å²) in [6.07, 6.45) is 0. The van der Waals surface area contributed by atoms with Crippen molar-refractivity contribution >= 4 is 59.9 Å². The van der Waals surface area contributed by atoms with E-state index >= 15 is 0 Å². The fraction of sp³-hybridized carbons (Fsp3) is 0.125. The highest BCUT2D eigenvalue weighted by Crippen LogP contribution is 2.33. The summed E-state index contributed by atoms with van der Waals surface area (Å²) in [5, 5.41) is 3.05. The Bertz CT molecular complexity index is 1400. The van der Waals surface area contributed by atoms with E-state index in [1.54, 1.807) is 24.3 Å². The predicted molar refractivity (Wildman–Crippen MR) is 134 cm³/mol. The number of para-hydroxylation sites is 2. The average molecular weight is 495 g/mol. The number of carbonyl (C=O) groups is 2. The normalized spacial score (nSPS) is 11.5. The Morgan fingerprint density at radius 2 is 1.59 bits per heavy atom. The van der Waals surface area contributed by atoms with Gasteiger partial charge in [-0.15, -0.1) is 0 Å². The Balaban J connectivity index is 1.61. The second kappa shape index (κ2) is 9.72. The standard InChI is InChI=1S/C24H22N4O4S2/c1-17(29)25-18-12-14-20(15-13-18)34(31,32)27(2)16-23(30)28(19-8-4-3-5-9-19)24-26-21-10-6-7-11-22(21)33-24/h3-15H,16H2,1-2H3,(H,25,29). The van der Waals surface area contributed by atoms with Crippen LogP contribution in [0, 0.1) is 0 Å². The molecule has 10 heteroatoms. The third-order valence-corrected chi connectivity index (χ3v) is 7.82. The number of anilines is 3. The minimum atomic E-state index is -3.95. The zero-order valence-corrected chi connectivity index (χ0v) is 20.1. The molecule has 0 unspecified atom stereocenters. The molecule has 0 saturated carbocycles. The first-order valence-corrected chi connectivity index (χ1v) is 12.6. The molecule has 4 rings (SSSR count). The van der Waals surface area contributed by atoms with Gasteiger partial charge in [-0.1, -0.05) is 41.7 Å². The molecule has 0 aliphatic rings. The Labute approximate surface area is 201 Å². The fourth-order valence-corrected chi connectivity index (χ4v) is 5.46. The molecule has 0 spiro atoms. The van der Waals surface area contributed by atoms with Crippen LogP contribution in [0.2, 0.25) is 0 Å². The molecule has 4 aromatic rings. The number of hydrogen-bond acceptors (Lipinski definition) is 6. The number of hydrogen-bond donors (Lipinski definition) is 1. The van der Waals surface area contributed by atoms with Crippen LogP contribution in [0.3, 0.4) is 0 Å². The third-order valence-electron chi connectivity index (χ3n) is 4.98. The minimum Gasteiger partial charge on any atom is -0.326 e. The molecule has 0 saturated heterocycles. The van der Waals surface area contributed by atoms with Gasteiger partial charge < -0.3 is 5.32 Å². The van der Waals surface area contributed by atoms with Crippen LogP contribution in [0.4, 0.5) is 16.5 Å². The zero-order chi connectivity index (χ0) is 24.3. The van der Waals surface area contributed by atoms with Gasteiger partial charge in [0.25, 0.3) is 0 Å². The van der Waals surface area contributed by atoms with Crippen molar-refractivity contribution in [2.45, 2.75) is 11.8 Å². The van der Waals surface area contributed by atoms with Crippen LogP contribution in [0.5, 0.6) is 0 Å². The Hall–Kier alpha value is -3.60. The maximum Gasteiger partial charge on any atom is 0.248 e. The lowest BCUT2D eigenvalue weighted by Crippen LogP contribution is -2.39. The molecular weight excluding hydrogens is 472 g/mol. The minimum absolute atomic E-state index is 0.0168. The lowest BCUT2D eigenvalue weighted by molar-refractivity contribution is -0.118. The van der Waals surface area contributed by atoms with Gasteiger partial charge in [0.05, 0.1) is 27.3 Å². The second-order valence-corrected chi connectivity index (χ2v) is 10.5. The highest BCUT2D eigenvalue weighted by Gasteiger charge is 2.28. The van der Waals surface area contributed by atoms with Gasteiger partial charge in [-0.3, -0.25) is 14.5 Å². The van der Waals surface area contributed by atoms with Crippen LogP contribution in [-0.2, 0) is 19.6 Å². The number of thiazole rings is 1. The first-order valence-electron chi connectivity index (χ1n) is 10.3. The summed E-state index contributed by atoms with van der Waals surface area (Å²) in [5.74, 6) is -0.694. The van der Waals surface area contributed by atoms with Crippen LogP contribution >= 0.6 is 11.3 Å². The van der Waals surface area contributed by atoms with Gasteiger partial charge >= 0.3 is 0 Å². The van der Waals surface area contributed by atoms with Gasteiger partial charge in [0.15, 0.2) is 5.13 Å². The molecule has 0 bridgehead atoms. The monoisotopic (exact) mass is 494 g/mol. The molecule has 8 nitrogen and oxygen atoms in total. The molecule has 0 aliphatic carbocycles. The molecule has 2 amide bonds. The molecule has 1 aromatic heterocycles. The van der Waals surface area contributed by atoms with Gasteiger partial charge in [0.1, 0.15) is 0 Å². The molecule has 34 heavy (non-hydrogen) atoms. The fourth-order valence-electron chi connectivity index (χ4n) is 3.33. The average Bonchev–Trinajstić information content (AvgIpc) is 3.23. The van der Waals surface area contributed by atoms with Crippen molar-refractivity contribution in [2.75, 3.05) is 23.8 Å². The first kappa shape index (κ1) is 23.6. The number of fused-ring (bicyclic) bond motifs is 1. The van der Waals surface area contributed by atoms with E-state index in [-0.39, 0.29) is 17.3 Å². The van der Waals surface area contributed by atoms with Crippen molar-refractivity contribution in [3.05, 3.63) is 78.9 Å². The van der Waals surface area contributed by atoms with Crippen LogP contribution in [0.25, 0.3) is 10.2 Å². The number of benzene rings is 3. The van der Waals surface area contributed by atoms with Crippen LogP contribution in [0.15, 0.2) is 83.8 Å². The number of amides is 2. The number of rotatable bonds is 7. The molecule has 0 aliphatic heterocycles. The maximum atomic E-state index is 13.4. The largest absolute Gasteiger partial charge is 0.326 e. The van der Waals surface area contributed by atoms with E-state index in [0.29, 0.717) is 16.5 Å². The molecule has 174 valence electrons. The summed E-state index contributed by atoms with van der Waals surface area (Å²) in [5.41, 5.74) is 1.84. The summed E-state index contributed by atoms with van der Waals surface area (Å²) < 4.78 is 28.1. The highest BCUT2D eigenvalue weighted by atomic mass is 32.2. The number of likely N-dealkylation sites (N-methyl/N-ethyl adjacent to an activating group) is 1. The molecule has 1 heterocycles. The molecule has 3 aromatic carbocycles. The van der Waals surface area contributed by atoms with E-state index in [2.05, 4.69) is 10.3 Å². The highest BCUT2D eigenvalue weighted by molar-refractivity contribution is 7.89. The quantitative estimate of drug-likeness (QED) is 0.414. The topological polar surface area (TPSA) is 99.7 Å². The summed E-state index contributed by atoms with van der Waals surface area (Å²) in [7, 11) is -2.59. The SMILES string of the molecule is CC(=O)Nc1ccc(S(=O)(=O)N(C)CC(=O)N(c2ccccc2)c2nc3ccccc3s2)cc1. The summed E-state index contributed by atoms with van der Waals surface area (Å²) in [4.78, 5) is 30.7. The Morgan fingerprint density at radius 3 is 2.24 bits per heavy atom. The van der Waals surface area contributed by atoms with E-state index in [9.17, 15) is 18.0 Å². The van der Waals surface area contributed by atoms with E-state index in [4.69, 9.17) is 0 Å². The third kappa shape index (κ3) is 4.98. The van der Waals surface area contributed by atoms with Crippen LogP contribution in [-0.4, -0.2) is 43.1 Å². The molecule has 0 atom stereocenters. The van der Waals surface area contributed by atoms with Gasteiger partial charge in [-0.05, 0) is 48.5 Å². The number of nitrogens with zero attached hydrogens (tertiary/aromatic N) is 3. The van der Waals surface area contributed by atoms with Crippen molar-refractivity contribution < 1.29 is 18.0 Å². The van der Waals surface area contributed by atoms with Crippen molar-refractivity contribution in [1.82, 2.24) is 9.29 Å². The summed E-state index contributed by atoms with van der Waals surface area (Å²) in [6, 6.07) is 22.4. The van der Waals surface area contributed by atoms with Gasteiger partial charge in [0, 0.05) is 19.7 Å². The number of aromatic nitrogens is 1. The Morgan fingerprint density at radius 1 is 0.941 bits per heavy atom. The van der Waals surface area contributed by atoms with Gasteiger partial charge in [-0.25, -0.2) is 13.4 Å². The lowest BCUT2D eigenvalue weighted by atomic mass is 10.3. The van der Waals surface area contributed by atoms with Crippen molar-refractivity contribution in [2.24, 2.45) is 0 Å². The maximum absolute atomic E-state index is 13.4. The van der Waals surface area contributed by atoms with E-state index < -0.39 is 15.9 Å². The first-order chi connectivity index (χ1) is 16.3. The van der Waals surface area contributed by atoms with Crippen molar-refractivity contribution in [1.29, 1.82) is 0 Å². The lowest BCUT2D eigenvalue weighted by Gasteiger charge is -2.23. The molecule has 0 radical (unpaired) electrons. The molecule has 1 N–H and O–H groups in total. The summed E-state index contributed by atoms with van der Waals surface area (Å²) >= 11 is 1.36. The molecule has 0 fully saturated rings. The van der Waals surface area contributed by atoms with Gasteiger partial charge in [0.2, 0.25) is 21.8 Å². The van der Waals surface area contributed by atoms with E-state index in [1.807, 2.05) is 30.3 Å². The van der Waals surface area contributed by atoms with E-state index in [1.165, 1.54) is 54.5 Å². The van der Waals surface area contributed by atoms with Crippen LogP contribution < -0.4 is 10.2 Å². The summed E-state index contributed by atoms with van der Waals surface area (Å²) in [6.45, 7) is 0.981. The number of nitrogens with one attached hydrogen (secondary N) is 1. The smallest absolute Gasteiger partial charge is 0.248 e. The van der Waals surface area contributed by atoms with E-state index in [0.717, 1.165) is 14.5 Å². The van der Waals surface area contributed by atoms with Gasteiger partial charge in [-0.2, -0.15) is 4.31 Å². The van der Waals surface area contributed by atoms with Crippen molar-refractivity contribution in [3.8, 4) is 0 Å². The predicted octanol–water partition coefficient (Wildman–Crippen LogP) is 4.24. The second-order valence-electron chi connectivity index (χ2n) is 7.50. The van der Waals surface area contributed by atoms with Crippen molar-refractivity contribution in [3.63, 3.8) is 0 Å².